The molecule has 2 aliphatic rings. The highest BCUT2D eigenvalue weighted by Gasteiger charge is 2.30. The zero-order chi connectivity index (χ0) is 19.8. The van der Waals surface area contributed by atoms with Crippen molar-refractivity contribution < 1.29 is 9.18 Å². The summed E-state index contributed by atoms with van der Waals surface area (Å²) >= 11 is 1.52. The SMILES string of the molecule is CN1CCc2nc(C(=N)N3CCN(C(=O)c4ccc(F)cc4)CC3=N)sc2C1. The van der Waals surface area contributed by atoms with Gasteiger partial charge in [-0.1, -0.05) is 0 Å². The molecule has 2 aliphatic heterocycles. The Labute approximate surface area is 166 Å². The van der Waals surface area contributed by atoms with E-state index in [-0.39, 0.29) is 29.9 Å². The summed E-state index contributed by atoms with van der Waals surface area (Å²) in [4.78, 5) is 23.8. The molecule has 0 unspecified atom stereocenters. The molecule has 28 heavy (non-hydrogen) atoms. The van der Waals surface area contributed by atoms with Gasteiger partial charge in [0.25, 0.3) is 5.91 Å². The van der Waals surface area contributed by atoms with Gasteiger partial charge in [-0.15, -0.1) is 11.3 Å². The number of carbonyl (C=O) groups excluding carboxylic acids is 1. The van der Waals surface area contributed by atoms with Gasteiger partial charge < -0.3 is 14.7 Å². The quantitative estimate of drug-likeness (QED) is 0.597. The number of benzene rings is 1. The first kappa shape index (κ1) is 18.7. The average Bonchev–Trinajstić information content (AvgIpc) is 3.10. The predicted molar refractivity (Wildman–Crippen MR) is 106 cm³/mol. The second kappa shape index (κ2) is 7.40. The fourth-order valence-electron chi connectivity index (χ4n) is 3.44. The molecule has 9 heteroatoms. The molecule has 146 valence electrons. The van der Waals surface area contributed by atoms with Crippen LogP contribution in [0.1, 0.15) is 25.9 Å². The topological polar surface area (TPSA) is 87.4 Å². The van der Waals surface area contributed by atoms with Gasteiger partial charge in [-0.2, -0.15) is 0 Å². The van der Waals surface area contributed by atoms with Gasteiger partial charge in [0.2, 0.25) is 0 Å². The molecule has 0 saturated carbocycles. The maximum atomic E-state index is 13.1. The van der Waals surface area contributed by atoms with Gasteiger partial charge in [-0.05, 0) is 31.3 Å². The molecule has 3 heterocycles. The van der Waals surface area contributed by atoms with Gasteiger partial charge in [-0.3, -0.25) is 15.6 Å². The number of aromatic nitrogens is 1. The molecule has 2 aromatic rings. The number of hydrogen-bond donors (Lipinski definition) is 2. The molecule has 0 aliphatic carbocycles. The number of amidine groups is 2. The van der Waals surface area contributed by atoms with Crippen molar-refractivity contribution in [2.45, 2.75) is 13.0 Å². The predicted octanol–water partition coefficient (Wildman–Crippen LogP) is 2.03. The molecule has 0 spiro atoms. The van der Waals surface area contributed by atoms with Crippen molar-refractivity contribution in [3.8, 4) is 0 Å². The largest absolute Gasteiger partial charge is 0.329 e. The number of halogens is 1. The van der Waals surface area contributed by atoms with Crippen molar-refractivity contribution in [1.29, 1.82) is 10.8 Å². The van der Waals surface area contributed by atoms with Crippen molar-refractivity contribution in [2.75, 3.05) is 33.2 Å². The molecule has 2 N–H and O–H groups in total. The molecule has 1 amide bonds. The molecule has 1 saturated heterocycles. The van der Waals surface area contributed by atoms with Crippen molar-refractivity contribution in [1.82, 2.24) is 19.7 Å². The first-order valence-corrected chi connectivity index (χ1v) is 9.90. The van der Waals surface area contributed by atoms with E-state index in [0.717, 1.165) is 25.2 Å². The Bertz CT molecular complexity index is 940. The van der Waals surface area contributed by atoms with Crippen LogP contribution in [0.25, 0.3) is 0 Å². The van der Waals surface area contributed by atoms with Crippen LogP contribution in [0, 0.1) is 16.6 Å². The summed E-state index contributed by atoms with van der Waals surface area (Å²) in [7, 11) is 2.07. The minimum Gasteiger partial charge on any atom is -0.329 e. The first-order chi connectivity index (χ1) is 13.4. The van der Waals surface area contributed by atoms with Gasteiger partial charge in [0.1, 0.15) is 11.7 Å². The second-order valence-electron chi connectivity index (χ2n) is 7.06. The number of amides is 1. The van der Waals surface area contributed by atoms with Gasteiger partial charge in [-0.25, -0.2) is 9.37 Å². The lowest BCUT2D eigenvalue weighted by molar-refractivity contribution is 0.0757. The summed E-state index contributed by atoms with van der Waals surface area (Å²) in [6.45, 7) is 2.69. The third kappa shape index (κ3) is 3.55. The monoisotopic (exact) mass is 400 g/mol. The summed E-state index contributed by atoms with van der Waals surface area (Å²) in [5, 5.41) is 17.5. The number of hydrogen-bond acceptors (Lipinski definition) is 6. The number of rotatable bonds is 2. The van der Waals surface area contributed by atoms with Gasteiger partial charge >= 0.3 is 0 Å². The molecule has 7 nitrogen and oxygen atoms in total. The molecule has 0 bridgehead atoms. The lowest BCUT2D eigenvalue weighted by Crippen LogP contribution is -2.53. The van der Waals surface area contributed by atoms with E-state index in [1.165, 1.54) is 40.5 Å². The van der Waals surface area contributed by atoms with E-state index < -0.39 is 0 Å². The third-order valence-electron chi connectivity index (χ3n) is 5.03. The molecule has 1 fully saturated rings. The minimum absolute atomic E-state index is 0.117. The molecular formula is C19H21FN6OS. The van der Waals surface area contributed by atoms with Crippen molar-refractivity contribution in [3.05, 3.63) is 51.2 Å². The Morgan fingerprint density at radius 1 is 1.18 bits per heavy atom. The number of nitrogens with zero attached hydrogens (tertiary/aromatic N) is 4. The van der Waals surface area contributed by atoms with E-state index in [1.807, 2.05) is 0 Å². The van der Waals surface area contributed by atoms with E-state index in [4.69, 9.17) is 10.8 Å². The summed E-state index contributed by atoms with van der Waals surface area (Å²) < 4.78 is 13.1. The summed E-state index contributed by atoms with van der Waals surface area (Å²) in [5.74, 6) is -0.207. The first-order valence-electron chi connectivity index (χ1n) is 9.08. The van der Waals surface area contributed by atoms with E-state index in [9.17, 15) is 9.18 Å². The van der Waals surface area contributed by atoms with Crippen LogP contribution in [0.4, 0.5) is 4.39 Å². The van der Waals surface area contributed by atoms with Gasteiger partial charge in [0.05, 0.1) is 12.2 Å². The van der Waals surface area contributed by atoms with Crippen LogP contribution in [0.15, 0.2) is 24.3 Å². The summed E-state index contributed by atoms with van der Waals surface area (Å²) in [5.41, 5.74) is 1.45. The number of piperazine rings is 1. The molecule has 0 radical (unpaired) electrons. The van der Waals surface area contributed by atoms with E-state index >= 15 is 0 Å². The molecule has 1 aromatic carbocycles. The number of fused-ring (bicyclic) bond motifs is 1. The zero-order valence-electron chi connectivity index (χ0n) is 15.5. The van der Waals surface area contributed by atoms with Crippen LogP contribution in [-0.4, -0.2) is 70.5 Å². The van der Waals surface area contributed by atoms with E-state index in [1.54, 1.807) is 9.80 Å². The van der Waals surface area contributed by atoms with Crippen molar-refractivity contribution >= 4 is 28.9 Å². The number of thiazole rings is 1. The van der Waals surface area contributed by atoms with Crippen LogP contribution in [0.5, 0.6) is 0 Å². The highest BCUT2D eigenvalue weighted by Crippen LogP contribution is 2.26. The van der Waals surface area contributed by atoms with Crippen LogP contribution in [0.3, 0.4) is 0 Å². The Hall–Kier alpha value is -2.65. The highest BCUT2D eigenvalue weighted by atomic mass is 32.1. The molecule has 1 aromatic heterocycles. The second-order valence-corrected chi connectivity index (χ2v) is 8.14. The Morgan fingerprint density at radius 3 is 2.64 bits per heavy atom. The highest BCUT2D eigenvalue weighted by molar-refractivity contribution is 7.13. The van der Waals surface area contributed by atoms with Crippen LogP contribution in [0.2, 0.25) is 0 Å². The van der Waals surface area contributed by atoms with Crippen LogP contribution >= 0.6 is 11.3 Å². The minimum atomic E-state index is -0.389. The number of likely N-dealkylation sites (N-methyl/N-ethyl adjacent to an activating group) is 1. The lowest BCUT2D eigenvalue weighted by Gasteiger charge is -2.35. The standard InChI is InChI=1S/C19H21FN6OS/c1-24-7-6-14-15(10-24)28-18(23-14)17(22)26-9-8-25(11-16(26)21)19(27)12-2-4-13(20)5-3-12/h2-5,21-22H,6-11H2,1H3. The number of carbonyl (C=O) groups is 1. The van der Waals surface area contributed by atoms with E-state index in [0.29, 0.717) is 23.7 Å². The van der Waals surface area contributed by atoms with Gasteiger partial charge in [0.15, 0.2) is 10.8 Å². The summed E-state index contributed by atoms with van der Waals surface area (Å²) in [6.07, 6.45) is 0.882. The lowest BCUT2D eigenvalue weighted by atomic mass is 10.1. The fraction of sp³-hybridized carbons (Fsp3) is 0.368. The zero-order valence-corrected chi connectivity index (χ0v) is 16.4. The van der Waals surface area contributed by atoms with Crippen molar-refractivity contribution in [3.63, 3.8) is 0 Å². The van der Waals surface area contributed by atoms with Crippen LogP contribution < -0.4 is 0 Å². The summed E-state index contributed by atoms with van der Waals surface area (Å²) in [6, 6.07) is 5.41. The molecule has 4 rings (SSSR count). The Morgan fingerprint density at radius 2 is 1.93 bits per heavy atom. The fourth-order valence-corrected chi connectivity index (χ4v) is 4.58. The van der Waals surface area contributed by atoms with Crippen molar-refractivity contribution in [2.24, 2.45) is 0 Å². The van der Waals surface area contributed by atoms with Gasteiger partial charge in [0, 0.05) is 43.0 Å². The third-order valence-corrected chi connectivity index (χ3v) is 6.12. The molecule has 0 atom stereocenters. The maximum Gasteiger partial charge on any atom is 0.254 e. The Balaban J connectivity index is 1.44. The van der Waals surface area contributed by atoms with E-state index in [2.05, 4.69) is 16.9 Å². The average molecular weight is 400 g/mol. The number of nitrogens with one attached hydrogen (secondary N) is 2. The Kier molecular flexibility index (Phi) is 4.94. The smallest absolute Gasteiger partial charge is 0.254 e. The van der Waals surface area contributed by atoms with Crippen LogP contribution in [-0.2, 0) is 13.0 Å². The maximum absolute atomic E-state index is 13.1. The molecular weight excluding hydrogens is 379 g/mol. The normalized spacial score (nSPS) is 17.6.